The first-order valence-electron chi connectivity index (χ1n) is 8.70. The summed E-state index contributed by atoms with van der Waals surface area (Å²) >= 11 is 5.99. The van der Waals surface area contributed by atoms with Gasteiger partial charge >= 0.3 is 0 Å². The number of hydrogen-bond acceptors (Lipinski definition) is 4. The van der Waals surface area contributed by atoms with Crippen molar-refractivity contribution in [3.63, 3.8) is 0 Å². The molecule has 2 rings (SSSR count). The largest absolute Gasteiger partial charge is 0.496 e. The second-order valence-corrected chi connectivity index (χ2v) is 6.86. The number of ether oxygens (including phenoxy) is 1. The van der Waals surface area contributed by atoms with Gasteiger partial charge in [-0.15, -0.1) is 0 Å². The molecule has 0 fully saturated rings. The van der Waals surface area contributed by atoms with Gasteiger partial charge < -0.3 is 20.3 Å². The first-order chi connectivity index (χ1) is 13.4. The van der Waals surface area contributed by atoms with Crippen LogP contribution in [0.4, 0.5) is 5.69 Å². The number of benzene rings is 2. The Morgan fingerprint density at radius 3 is 2.68 bits per heavy atom. The van der Waals surface area contributed by atoms with Crippen molar-refractivity contribution in [3.05, 3.63) is 64.7 Å². The second-order valence-electron chi connectivity index (χ2n) is 6.42. The lowest BCUT2D eigenvalue weighted by Crippen LogP contribution is -2.27. The number of carbonyl (C=O) groups excluding carboxylic acids is 2. The Balaban J connectivity index is 1.93. The maximum atomic E-state index is 12.1. The Bertz CT molecular complexity index is 866. The molecule has 7 heteroatoms. The van der Waals surface area contributed by atoms with Gasteiger partial charge in [-0.25, -0.2) is 0 Å². The highest BCUT2D eigenvalue weighted by atomic mass is 35.5. The van der Waals surface area contributed by atoms with Crippen LogP contribution in [0.25, 0.3) is 6.08 Å². The summed E-state index contributed by atoms with van der Waals surface area (Å²) in [6, 6.07) is 12.6. The minimum Gasteiger partial charge on any atom is -0.496 e. The summed E-state index contributed by atoms with van der Waals surface area (Å²) < 4.78 is 5.25. The van der Waals surface area contributed by atoms with E-state index in [0.29, 0.717) is 29.5 Å². The average molecular weight is 402 g/mol. The van der Waals surface area contributed by atoms with Crippen molar-refractivity contribution in [2.45, 2.75) is 6.54 Å². The van der Waals surface area contributed by atoms with Gasteiger partial charge in [0.05, 0.1) is 13.7 Å². The number of anilines is 1. The molecule has 0 bridgehead atoms. The molecule has 0 aromatic heterocycles. The third-order valence-electron chi connectivity index (χ3n) is 3.74. The lowest BCUT2D eigenvalue weighted by molar-refractivity contribution is -0.117. The van der Waals surface area contributed by atoms with E-state index in [9.17, 15) is 9.59 Å². The van der Waals surface area contributed by atoms with E-state index < -0.39 is 0 Å². The third-order valence-corrected chi connectivity index (χ3v) is 3.98. The van der Waals surface area contributed by atoms with Crippen LogP contribution in [0.3, 0.4) is 0 Å². The van der Waals surface area contributed by atoms with E-state index in [4.69, 9.17) is 16.3 Å². The Morgan fingerprint density at radius 2 is 1.96 bits per heavy atom. The summed E-state index contributed by atoms with van der Waals surface area (Å²) in [5.41, 5.74) is 2.29. The van der Waals surface area contributed by atoms with E-state index in [1.165, 1.54) is 6.08 Å². The molecule has 0 heterocycles. The molecule has 0 saturated heterocycles. The van der Waals surface area contributed by atoms with Gasteiger partial charge in [-0.2, -0.15) is 0 Å². The molecule has 2 amide bonds. The van der Waals surface area contributed by atoms with Crippen molar-refractivity contribution >= 4 is 35.2 Å². The number of carbonyl (C=O) groups is 2. The molecule has 0 atom stereocenters. The van der Waals surface area contributed by atoms with Gasteiger partial charge in [0, 0.05) is 28.9 Å². The van der Waals surface area contributed by atoms with Crippen LogP contribution in [0, 0.1) is 0 Å². The SMILES string of the molecule is COc1ccc(Cl)cc1/C=C/C(=O)NCc1cccc(NC(=O)CN(C)C)c1. The van der Waals surface area contributed by atoms with Crippen LogP contribution in [0.5, 0.6) is 5.75 Å². The van der Waals surface area contributed by atoms with Gasteiger partial charge in [-0.1, -0.05) is 23.7 Å². The fourth-order valence-corrected chi connectivity index (χ4v) is 2.68. The van der Waals surface area contributed by atoms with Crippen LogP contribution in [0.15, 0.2) is 48.5 Å². The van der Waals surface area contributed by atoms with Crippen molar-refractivity contribution < 1.29 is 14.3 Å². The first-order valence-corrected chi connectivity index (χ1v) is 9.08. The van der Waals surface area contributed by atoms with E-state index >= 15 is 0 Å². The molecule has 0 unspecified atom stereocenters. The highest BCUT2D eigenvalue weighted by Gasteiger charge is 2.05. The summed E-state index contributed by atoms with van der Waals surface area (Å²) in [7, 11) is 5.22. The number of hydrogen-bond donors (Lipinski definition) is 2. The number of rotatable bonds is 8. The highest BCUT2D eigenvalue weighted by Crippen LogP contribution is 2.23. The van der Waals surface area contributed by atoms with E-state index in [0.717, 1.165) is 11.1 Å². The normalized spacial score (nSPS) is 10.9. The van der Waals surface area contributed by atoms with Gasteiger partial charge in [0.25, 0.3) is 0 Å². The Morgan fingerprint density at radius 1 is 1.18 bits per heavy atom. The number of halogens is 1. The molecule has 0 aliphatic carbocycles. The molecular formula is C21H24ClN3O3. The van der Waals surface area contributed by atoms with Gasteiger partial charge in [0.15, 0.2) is 0 Å². The van der Waals surface area contributed by atoms with Gasteiger partial charge in [0.1, 0.15) is 5.75 Å². The van der Waals surface area contributed by atoms with Crippen LogP contribution in [0.1, 0.15) is 11.1 Å². The number of nitrogens with one attached hydrogen (secondary N) is 2. The molecule has 0 aliphatic heterocycles. The fraction of sp³-hybridized carbons (Fsp3) is 0.238. The molecule has 6 nitrogen and oxygen atoms in total. The van der Waals surface area contributed by atoms with Crippen LogP contribution < -0.4 is 15.4 Å². The van der Waals surface area contributed by atoms with Crippen LogP contribution in [-0.4, -0.2) is 44.5 Å². The predicted molar refractivity (Wildman–Crippen MR) is 113 cm³/mol. The zero-order valence-corrected chi connectivity index (χ0v) is 16.9. The number of amides is 2. The van der Waals surface area contributed by atoms with Crippen LogP contribution >= 0.6 is 11.6 Å². The zero-order chi connectivity index (χ0) is 20.5. The number of likely N-dealkylation sites (N-methyl/N-ethyl adjacent to an activating group) is 1. The quantitative estimate of drug-likeness (QED) is 0.666. The zero-order valence-electron chi connectivity index (χ0n) is 16.2. The molecule has 28 heavy (non-hydrogen) atoms. The Labute approximate surface area is 170 Å². The van der Waals surface area contributed by atoms with E-state index in [-0.39, 0.29) is 11.8 Å². The summed E-state index contributed by atoms with van der Waals surface area (Å²) in [5.74, 6) is 0.295. The van der Waals surface area contributed by atoms with Crippen LogP contribution in [-0.2, 0) is 16.1 Å². The fourth-order valence-electron chi connectivity index (χ4n) is 2.50. The van der Waals surface area contributed by atoms with Crippen molar-refractivity contribution in [1.82, 2.24) is 10.2 Å². The third kappa shape index (κ3) is 7.06. The molecule has 148 valence electrons. The van der Waals surface area contributed by atoms with Crippen LogP contribution in [0.2, 0.25) is 5.02 Å². The smallest absolute Gasteiger partial charge is 0.244 e. The molecule has 2 aromatic rings. The van der Waals surface area contributed by atoms with Gasteiger partial charge in [-0.05, 0) is 56.1 Å². The molecule has 2 N–H and O–H groups in total. The predicted octanol–water partition coefficient (Wildman–Crippen LogP) is 3.18. The van der Waals surface area contributed by atoms with Crippen molar-refractivity contribution in [1.29, 1.82) is 0 Å². The Hall–Kier alpha value is -2.83. The maximum Gasteiger partial charge on any atom is 0.244 e. The van der Waals surface area contributed by atoms with Crippen molar-refractivity contribution in [3.8, 4) is 5.75 Å². The topological polar surface area (TPSA) is 70.7 Å². The molecule has 0 radical (unpaired) electrons. The minimum atomic E-state index is -0.246. The molecular weight excluding hydrogens is 378 g/mol. The van der Waals surface area contributed by atoms with E-state index in [1.807, 2.05) is 38.4 Å². The molecule has 0 saturated carbocycles. The van der Waals surface area contributed by atoms with E-state index in [2.05, 4.69) is 10.6 Å². The summed E-state index contributed by atoms with van der Waals surface area (Å²) in [4.78, 5) is 25.7. The monoisotopic (exact) mass is 401 g/mol. The van der Waals surface area contributed by atoms with Crippen molar-refractivity contribution in [2.75, 3.05) is 33.1 Å². The molecule has 0 spiro atoms. The van der Waals surface area contributed by atoms with E-state index in [1.54, 1.807) is 36.3 Å². The first kappa shape index (κ1) is 21.5. The summed E-state index contributed by atoms with van der Waals surface area (Å²) in [6.45, 7) is 0.645. The standard InChI is InChI=1S/C21H24ClN3O3/c1-25(2)14-21(27)24-18-6-4-5-15(11-18)13-23-20(26)10-7-16-12-17(22)8-9-19(16)28-3/h4-12H,13-14H2,1-3H3,(H,23,26)(H,24,27)/b10-7+. The lowest BCUT2D eigenvalue weighted by Gasteiger charge is -2.11. The highest BCUT2D eigenvalue weighted by molar-refractivity contribution is 6.30. The summed E-state index contributed by atoms with van der Waals surface area (Å²) in [6.07, 6.45) is 3.08. The molecule has 0 aliphatic rings. The summed E-state index contributed by atoms with van der Waals surface area (Å²) in [5, 5.41) is 6.21. The number of methoxy groups -OCH3 is 1. The average Bonchev–Trinajstić information content (AvgIpc) is 2.64. The Kier molecular flexibility index (Phi) is 8.04. The molecule has 2 aromatic carbocycles. The maximum absolute atomic E-state index is 12.1. The number of nitrogens with zero attached hydrogens (tertiary/aromatic N) is 1. The lowest BCUT2D eigenvalue weighted by atomic mass is 10.1. The second kappa shape index (κ2) is 10.5. The van der Waals surface area contributed by atoms with Gasteiger partial charge in [0.2, 0.25) is 11.8 Å². The van der Waals surface area contributed by atoms with Gasteiger partial charge in [-0.3, -0.25) is 9.59 Å². The minimum absolute atomic E-state index is 0.0930. The van der Waals surface area contributed by atoms with Crippen molar-refractivity contribution in [2.24, 2.45) is 0 Å².